The summed E-state index contributed by atoms with van der Waals surface area (Å²) in [6.07, 6.45) is 0.393. The van der Waals surface area contributed by atoms with Gasteiger partial charge in [0.2, 0.25) is 0 Å². The number of nitrogens with zero attached hydrogens (tertiary/aromatic N) is 2. The van der Waals surface area contributed by atoms with Crippen molar-refractivity contribution in [1.29, 1.82) is 0 Å². The van der Waals surface area contributed by atoms with Crippen LogP contribution in [-0.4, -0.2) is 54.5 Å². The van der Waals surface area contributed by atoms with Crippen LogP contribution in [0.2, 0.25) is 0 Å². The lowest BCUT2D eigenvalue weighted by Gasteiger charge is -2.31. The van der Waals surface area contributed by atoms with E-state index in [4.69, 9.17) is 15.7 Å². The largest absolute Gasteiger partial charge is 0.409 e. The smallest absolute Gasteiger partial charge is 0.141 e. The van der Waals surface area contributed by atoms with E-state index in [1.165, 1.54) is 0 Å². The highest BCUT2D eigenvalue weighted by Crippen LogP contribution is 2.23. The lowest BCUT2D eigenvalue weighted by atomic mass is 10.0. The fourth-order valence-electron chi connectivity index (χ4n) is 2.13. The van der Waals surface area contributed by atoms with Crippen molar-refractivity contribution in [2.24, 2.45) is 10.9 Å². The third-order valence-corrected chi connectivity index (χ3v) is 3.13. The Morgan fingerprint density at radius 1 is 1.35 bits per heavy atom. The Labute approximate surface area is 119 Å². The molecule has 6 heteroatoms. The van der Waals surface area contributed by atoms with Crippen molar-refractivity contribution in [3.63, 3.8) is 0 Å². The van der Waals surface area contributed by atoms with E-state index < -0.39 is 0 Å². The van der Waals surface area contributed by atoms with E-state index in [1.807, 2.05) is 30.3 Å². The van der Waals surface area contributed by atoms with Gasteiger partial charge in [0.1, 0.15) is 5.84 Å². The van der Waals surface area contributed by atoms with Crippen LogP contribution in [0.4, 0.5) is 0 Å². The van der Waals surface area contributed by atoms with E-state index in [-0.39, 0.29) is 18.5 Å². The van der Waals surface area contributed by atoms with E-state index in [1.54, 1.807) is 7.11 Å². The minimum absolute atomic E-state index is 0.0449. The number of aliphatic hydroxyl groups is 1. The summed E-state index contributed by atoms with van der Waals surface area (Å²) in [5.41, 5.74) is 6.71. The number of hydrogen-bond acceptors (Lipinski definition) is 5. The Balaban J connectivity index is 2.93. The monoisotopic (exact) mass is 281 g/mol. The number of hydrogen-bond donors (Lipinski definition) is 3. The van der Waals surface area contributed by atoms with Gasteiger partial charge in [-0.05, 0) is 5.56 Å². The van der Waals surface area contributed by atoms with Crippen molar-refractivity contribution in [3.05, 3.63) is 35.9 Å². The molecule has 0 heterocycles. The number of ether oxygens (including phenoxy) is 1. The van der Waals surface area contributed by atoms with Crippen LogP contribution in [0.3, 0.4) is 0 Å². The molecule has 0 saturated heterocycles. The van der Waals surface area contributed by atoms with E-state index in [9.17, 15) is 5.11 Å². The maximum atomic E-state index is 9.23. The molecular weight excluding hydrogens is 258 g/mol. The predicted octanol–water partition coefficient (Wildman–Crippen LogP) is 0.805. The van der Waals surface area contributed by atoms with Gasteiger partial charge >= 0.3 is 0 Å². The van der Waals surface area contributed by atoms with Crippen LogP contribution in [0.1, 0.15) is 18.0 Å². The Bertz CT molecular complexity index is 398. The lowest BCUT2D eigenvalue weighted by Crippen LogP contribution is -2.36. The number of aliphatic hydroxyl groups excluding tert-OH is 1. The third-order valence-electron chi connectivity index (χ3n) is 3.13. The van der Waals surface area contributed by atoms with Crippen LogP contribution >= 0.6 is 0 Å². The van der Waals surface area contributed by atoms with Crippen LogP contribution < -0.4 is 5.73 Å². The summed E-state index contributed by atoms with van der Waals surface area (Å²) >= 11 is 0. The zero-order valence-electron chi connectivity index (χ0n) is 11.8. The first kappa shape index (κ1) is 16.4. The van der Waals surface area contributed by atoms with Crippen LogP contribution in [0.5, 0.6) is 0 Å². The molecule has 0 bridgehead atoms. The van der Waals surface area contributed by atoms with Crippen molar-refractivity contribution >= 4 is 5.84 Å². The Hall–Kier alpha value is -1.63. The Morgan fingerprint density at radius 3 is 2.60 bits per heavy atom. The number of benzene rings is 1. The molecule has 0 aromatic heterocycles. The Morgan fingerprint density at radius 2 is 2.05 bits per heavy atom. The molecule has 0 saturated carbocycles. The summed E-state index contributed by atoms with van der Waals surface area (Å²) < 4.78 is 5.10. The van der Waals surface area contributed by atoms with Gasteiger partial charge in [0, 0.05) is 32.7 Å². The number of oxime groups is 1. The van der Waals surface area contributed by atoms with Crippen LogP contribution in [0, 0.1) is 0 Å². The molecule has 1 unspecified atom stereocenters. The molecule has 112 valence electrons. The van der Waals surface area contributed by atoms with E-state index >= 15 is 0 Å². The van der Waals surface area contributed by atoms with Gasteiger partial charge in [0.15, 0.2) is 0 Å². The van der Waals surface area contributed by atoms with E-state index in [2.05, 4.69) is 10.1 Å². The first-order chi connectivity index (χ1) is 9.72. The molecule has 0 aliphatic heterocycles. The van der Waals surface area contributed by atoms with Crippen molar-refractivity contribution in [2.75, 3.05) is 33.4 Å². The number of rotatable bonds is 9. The van der Waals surface area contributed by atoms with Crippen LogP contribution in [0.25, 0.3) is 0 Å². The molecule has 1 atom stereocenters. The van der Waals surface area contributed by atoms with Gasteiger partial charge in [-0.2, -0.15) is 0 Å². The molecule has 0 spiro atoms. The SMILES string of the molecule is COCCN(CCO)C(C/C(N)=N/O)c1ccccc1. The van der Waals surface area contributed by atoms with Crippen LogP contribution in [-0.2, 0) is 4.74 Å². The molecule has 4 N–H and O–H groups in total. The van der Waals surface area contributed by atoms with Gasteiger partial charge in [-0.25, -0.2) is 0 Å². The fraction of sp³-hybridized carbons (Fsp3) is 0.500. The molecule has 1 aromatic rings. The topological polar surface area (TPSA) is 91.3 Å². The molecule has 0 amide bonds. The highest BCUT2D eigenvalue weighted by Gasteiger charge is 2.21. The summed E-state index contributed by atoms with van der Waals surface area (Å²) in [6, 6.07) is 9.76. The fourth-order valence-corrected chi connectivity index (χ4v) is 2.13. The van der Waals surface area contributed by atoms with Crippen molar-refractivity contribution in [2.45, 2.75) is 12.5 Å². The molecule has 1 aromatic carbocycles. The quantitative estimate of drug-likeness (QED) is 0.269. The summed E-state index contributed by atoms with van der Waals surface area (Å²) in [7, 11) is 1.64. The zero-order valence-corrected chi connectivity index (χ0v) is 11.8. The molecule has 0 aliphatic rings. The highest BCUT2D eigenvalue weighted by atomic mass is 16.5. The molecule has 0 radical (unpaired) electrons. The molecule has 20 heavy (non-hydrogen) atoms. The average molecular weight is 281 g/mol. The predicted molar refractivity (Wildman–Crippen MR) is 77.7 cm³/mol. The zero-order chi connectivity index (χ0) is 14.8. The summed E-state index contributed by atoms with van der Waals surface area (Å²) in [5, 5.41) is 21.1. The second-order valence-electron chi connectivity index (χ2n) is 4.47. The number of nitrogens with two attached hydrogens (primary N) is 1. The first-order valence-corrected chi connectivity index (χ1v) is 6.58. The van der Waals surface area contributed by atoms with Crippen molar-refractivity contribution in [3.8, 4) is 0 Å². The summed E-state index contributed by atoms with van der Waals surface area (Å²) in [5.74, 6) is 0.166. The number of amidine groups is 1. The Kier molecular flexibility index (Phi) is 7.64. The van der Waals surface area contributed by atoms with Crippen molar-refractivity contribution in [1.82, 2.24) is 4.90 Å². The maximum Gasteiger partial charge on any atom is 0.141 e. The minimum atomic E-state index is -0.0607. The van der Waals surface area contributed by atoms with E-state index in [0.29, 0.717) is 26.1 Å². The lowest BCUT2D eigenvalue weighted by molar-refractivity contribution is 0.102. The second kappa shape index (κ2) is 9.30. The van der Waals surface area contributed by atoms with E-state index in [0.717, 1.165) is 5.56 Å². The summed E-state index contributed by atoms with van der Waals surface area (Å²) in [4.78, 5) is 2.07. The van der Waals surface area contributed by atoms with Gasteiger partial charge in [0.25, 0.3) is 0 Å². The molecule has 6 nitrogen and oxygen atoms in total. The molecule has 0 fully saturated rings. The average Bonchev–Trinajstić information content (AvgIpc) is 2.50. The molecular formula is C14H23N3O3. The van der Waals surface area contributed by atoms with Crippen LogP contribution in [0.15, 0.2) is 35.5 Å². The first-order valence-electron chi connectivity index (χ1n) is 6.58. The third kappa shape index (κ3) is 5.16. The molecule has 0 aliphatic carbocycles. The van der Waals surface area contributed by atoms with Gasteiger partial charge < -0.3 is 20.8 Å². The van der Waals surface area contributed by atoms with Gasteiger partial charge in [0.05, 0.1) is 13.2 Å². The maximum absolute atomic E-state index is 9.23. The summed E-state index contributed by atoms with van der Waals surface area (Å²) in [6.45, 7) is 1.76. The highest BCUT2D eigenvalue weighted by molar-refractivity contribution is 5.80. The minimum Gasteiger partial charge on any atom is -0.409 e. The standard InChI is InChI=1S/C14H23N3O3/c1-20-10-8-17(7-9-18)13(11-14(15)16-19)12-5-3-2-4-6-12/h2-6,13,18-19H,7-11H2,1H3,(H2,15,16). The van der Waals surface area contributed by atoms with Gasteiger partial charge in [-0.3, -0.25) is 4.90 Å². The van der Waals surface area contributed by atoms with Crippen molar-refractivity contribution < 1.29 is 15.1 Å². The normalized spacial score (nSPS) is 13.7. The van der Waals surface area contributed by atoms with Gasteiger partial charge in [-0.1, -0.05) is 35.5 Å². The molecule has 1 rings (SSSR count). The number of methoxy groups -OCH3 is 1. The second-order valence-corrected chi connectivity index (χ2v) is 4.47. The van der Waals surface area contributed by atoms with Gasteiger partial charge in [-0.15, -0.1) is 0 Å².